The highest BCUT2D eigenvalue weighted by Gasteiger charge is 2.32. The van der Waals surface area contributed by atoms with Crippen LogP contribution in [0.1, 0.15) is 31.4 Å². The summed E-state index contributed by atoms with van der Waals surface area (Å²) < 4.78 is 37.7. The molecule has 0 bridgehead atoms. The molecule has 162 valence electrons. The predicted octanol–water partition coefficient (Wildman–Crippen LogP) is 2.98. The second kappa shape index (κ2) is 9.49. The van der Waals surface area contributed by atoms with Crippen molar-refractivity contribution in [3.05, 3.63) is 54.1 Å². The highest BCUT2D eigenvalue weighted by molar-refractivity contribution is 7.89. The number of amides is 1. The standard InChI is InChI=1S/C22H28N2O5S/c1-16(20-15-18(28-2)9-10-21(20)29-3)23-22(25)17-11-13-24(14-12-17)30(26,27)19-7-5-4-6-8-19/h4-10,15-17H,11-14H2,1-3H3,(H,23,25)/t16-/m1/s1. The molecule has 0 aliphatic carbocycles. The molecule has 1 heterocycles. The highest BCUT2D eigenvalue weighted by atomic mass is 32.2. The molecule has 0 aromatic heterocycles. The molecule has 1 aliphatic rings. The Morgan fingerprint density at radius 1 is 1.07 bits per heavy atom. The van der Waals surface area contributed by atoms with Gasteiger partial charge in [-0.1, -0.05) is 18.2 Å². The maximum atomic E-state index is 12.8. The van der Waals surface area contributed by atoms with E-state index in [1.807, 2.05) is 19.1 Å². The number of sulfonamides is 1. The lowest BCUT2D eigenvalue weighted by atomic mass is 9.96. The van der Waals surface area contributed by atoms with Gasteiger partial charge < -0.3 is 14.8 Å². The molecule has 2 aromatic rings. The molecule has 0 unspecified atom stereocenters. The van der Waals surface area contributed by atoms with Crippen molar-refractivity contribution in [1.82, 2.24) is 9.62 Å². The Labute approximate surface area is 178 Å². The van der Waals surface area contributed by atoms with Crippen LogP contribution in [0.3, 0.4) is 0 Å². The Hall–Kier alpha value is -2.58. The summed E-state index contributed by atoms with van der Waals surface area (Å²) >= 11 is 0. The van der Waals surface area contributed by atoms with Crippen LogP contribution in [-0.2, 0) is 14.8 Å². The van der Waals surface area contributed by atoms with E-state index in [4.69, 9.17) is 9.47 Å². The van der Waals surface area contributed by atoms with E-state index >= 15 is 0 Å². The molecule has 1 amide bonds. The van der Waals surface area contributed by atoms with Crippen LogP contribution in [0.4, 0.5) is 0 Å². The molecule has 1 N–H and O–H groups in total. The number of nitrogens with one attached hydrogen (secondary N) is 1. The molecule has 1 aliphatic heterocycles. The smallest absolute Gasteiger partial charge is 0.243 e. The minimum absolute atomic E-state index is 0.0795. The first-order chi connectivity index (χ1) is 14.4. The van der Waals surface area contributed by atoms with E-state index in [1.165, 1.54) is 4.31 Å². The fourth-order valence-corrected chi connectivity index (χ4v) is 5.18. The molecular weight excluding hydrogens is 404 g/mol. The third kappa shape index (κ3) is 4.76. The first-order valence-electron chi connectivity index (χ1n) is 9.94. The summed E-state index contributed by atoms with van der Waals surface area (Å²) in [5.74, 6) is 1.05. The van der Waals surface area contributed by atoms with E-state index in [0.29, 0.717) is 37.4 Å². The fourth-order valence-electron chi connectivity index (χ4n) is 3.69. The summed E-state index contributed by atoms with van der Waals surface area (Å²) in [5, 5.41) is 3.03. The molecule has 7 nitrogen and oxygen atoms in total. The number of benzene rings is 2. The van der Waals surface area contributed by atoms with Crippen molar-refractivity contribution < 1.29 is 22.7 Å². The SMILES string of the molecule is COc1ccc(OC)c([C@@H](C)NC(=O)C2CCN(S(=O)(=O)c3ccccc3)CC2)c1. The molecule has 0 radical (unpaired) electrons. The number of nitrogens with zero attached hydrogens (tertiary/aromatic N) is 1. The van der Waals surface area contributed by atoms with E-state index in [9.17, 15) is 13.2 Å². The summed E-state index contributed by atoms with van der Waals surface area (Å²) in [6.45, 7) is 2.54. The van der Waals surface area contributed by atoms with Crippen molar-refractivity contribution in [3.8, 4) is 11.5 Å². The Balaban J connectivity index is 1.62. The molecular formula is C22H28N2O5S. The van der Waals surface area contributed by atoms with Crippen LogP contribution in [0, 0.1) is 5.92 Å². The summed E-state index contributed by atoms with van der Waals surface area (Å²) in [6.07, 6.45) is 0.972. The zero-order valence-electron chi connectivity index (χ0n) is 17.5. The van der Waals surface area contributed by atoms with Gasteiger partial charge in [0.1, 0.15) is 11.5 Å². The van der Waals surface area contributed by atoms with E-state index in [0.717, 1.165) is 5.56 Å². The van der Waals surface area contributed by atoms with Gasteiger partial charge in [-0.15, -0.1) is 0 Å². The van der Waals surface area contributed by atoms with Gasteiger partial charge in [0, 0.05) is 24.6 Å². The van der Waals surface area contributed by atoms with E-state index in [-0.39, 0.29) is 22.8 Å². The van der Waals surface area contributed by atoms with Crippen LogP contribution in [0.25, 0.3) is 0 Å². The lowest BCUT2D eigenvalue weighted by molar-refractivity contribution is -0.126. The largest absolute Gasteiger partial charge is 0.497 e. The van der Waals surface area contributed by atoms with Gasteiger partial charge in [0.2, 0.25) is 15.9 Å². The van der Waals surface area contributed by atoms with Crippen molar-refractivity contribution in [3.63, 3.8) is 0 Å². The summed E-state index contributed by atoms with van der Waals surface area (Å²) in [6, 6.07) is 13.6. The maximum absolute atomic E-state index is 12.8. The Kier molecular flexibility index (Phi) is 6.99. The van der Waals surface area contributed by atoms with Crippen LogP contribution in [0.5, 0.6) is 11.5 Å². The van der Waals surface area contributed by atoms with Crippen LogP contribution in [0.15, 0.2) is 53.4 Å². The number of piperidine rings is 1. The molecule has 1 atom stereocenters. The van der Waals surface area contributed by atoms with Gasteiger partial charge >= 0.3 is 0 Å². The van der Waals surface area contributed by atoms with Crippen LogP contribution < -0.4 is 14.8 Å². The number of hydrogen-bond acceptors (Lipinski definition) is 5. The first-order valence-corrected chi connectivity index (χ1v) is 11.4. The number of carbonyl (C=O) groups is 1. The maximum Gasteiger partial charge on any atom is 0.243 e. The van der Waals surface area contributed by atoms with Crippen molar-refractivity contribution in [2.45, 2.75) is 30.7 Å². The molecule has 0 spiro atoms. The molecule has 1 fully saturated rings. The Morgan fingerprint density at radius 3 is 2.33 bits per heavy atom. The highest BCUT2D eigenvalue weighted by Crippen LogP contribution is 2.30. The van der Waals surface area contributed by atoms with Crippen molar-refractivity contribution >= 4 is 15.9 Å². The van der Waals surface area contributed by atoms with E-state index in [2.05, 4.69) is 5.32 Å². The summed E-state index contributed by atoms with van der Waals surface area (Å²) in [7, 11) is -0.347. The molecule has 3 rings (SSSR count). The summed E-state index contributed by atoms with van der Waals surface area (Å²) in [4.78, 5) is 13.1. The fraction of sp³-hybridized carbons (Fsp3) is 0.409. The molecule has 8 heteroatoms. The average Bonchev–Trinajstić information content (AvgIpc) is 2.79. The van der Waals surface area contributed by atoms with Gasteiger partial charge in [-0.3, -0.25) is 4.79 Å². The van der Waals surface area contributed by atoms with Gasteiger partial charge in [0.05, 0.1) is 25.2 Å². The van der Waals surface area contributed by atoms with Crippen LogP contribution in [-0.4, -0.2) is 45.9 Å². The minimum Gasteiger partial charge on any atom is -0.497 e. The van der Waals surface area contributed by atoms with Gasteiger partial charge in [-0.2, -0.15) is 4.31 Å². The van der Waals surface area contributed by atoms with Gasteiger partial charge in [-0.05, 0) is 50.1 Å². The van der Waals surface area contributed by atoms with Gasteiger partial charge in [0.15, 0.2) is 0 Å². The Morgan fingerprint density at radius 2 is 1.73 bits per heavy atom. The quantitative estimate of drug-likeness (QED) is 0.727. The number of ether oxygens (including phenoxy) is 2. The minimum atomic E-state index is -3.52. The summed E-state index contributed by atoms with van der Waals surface area (Å²) in [5.41, 5.74) is 0.828. The number of rotatable bonds is 7. The van der Waals surface area contributed by atoms with Crippen LogP contribution >= 0.6 is 0 Å². The number of hydrogen-bond donors (Lipinski definition) is 1. The lowest BCUT2D eigenvalue weighted by Gasteiger charge is -2.31. The zero-order valence-corrected chi connectivity index (χ0v) is 18.3. The monoisotopic (exact) mass is 432 g/mol. The van der Waals surface area contributed by atoms with Gasteiger partial charge in [0.25, 0.3) is 0 Å². The van der Waals surface area contributed by atoms with Crippen molar-refractivity contribution in [1.29, 1.82) is 0 Å². The molecule has 30 heavy (non-hydrogen) atoms. The normalized spacial score (nSPS) is 16.6. The second-order valence-electron chi connectivity index (χ2n) is 7.33. The number of methoxy groups -OCH3 is 2. The third-order valence-corrected chi connectivity index (χ3v) is 7.38. The van der Waals surface area contributed by atoms with E-state index < -0.39 is 10.0 Å². The predicted molar refractivity (Wildman–Crippen MR) is 114 cm³/mol. The molecule has 0 saturated carbocycles. The average molecular weight is 433 g/mol. The van der Waals surface area contributed by atoms with Crippen molar-refractivity contribution in [2.75, 3.05) is 27.3 Å². The Bertz CT molecular complexity index is 970. The topological polar surface area (TPSA) is 84.9 Å². The zero-order chi connectivity index (χ0) is 21.7. The lowest BCUT2D eigenvalue weighted by Crippen LogP contribution is -2.43. The first kappa shape index (κ1) is 22.1. The van der Waals surface area contributed by atoms with Gasteiger partial charge in [-0.25, -0.2) is 8.42 Å². The van der Waals surface area contributed by atoms with E-state index in [1.54, 1.807) is 50.6 Å². The van der Waals surface area contributed by atoms with Crippen LogP contribution in [0.2, 0.25) is 0 Å². The second-order valence-corrected chi connectivity index (χ2v) is 9.27. The third-order valence-electron chi connectivity index (χ3n) is 5.47. The molecule has 1 saturated heterocycles. The molecule has 2 aromatic carbocycles. The number of carbonyl (C=O) groups excluding carboxylic acids is 1. The van der Waals surface area contributed by atoms with Crippen molar-refractivity contribution in [2.24, 2.45) is 5.92 Å².